The first kappa shape index (κ1) is 18.5. The number of carbonyl (C=O) groups is 2. The molecule has 2 aromatic rings. The van der Waals surface area contributed by atoms with Gasteiger partial charge in [0, 0.05) is 44.2 Å². The molecule has 1 aliphatic heterocycles. The molecule has 1 aromatic heterocycles. The maximum absolute atomic E-state index is 12.4. The van der Waals surface area contributed by atoms with E-state index >= 15 is 0 Å². The molecule has 1 atom stereocenters. The van der Waals surface area contributed by atoms with Crippen molar-refractivity contribution in [1.29, 1.82) is 0 Å². The predicted octanol–water partition coefficient (Wildman–Crippen LogP) is 2.25. The molecule has 6 nitrogen and oxygen atoms in total. The van der Waals surface area contributed by atoms with Crippen LogP contribution >= 0.6 is 11.3 Å². The lowest BCUT2D eigenvalue weighted by Crippen LogP contribution is -2.54. The summed E-state index contributed by atoms with van der Waals surface area (Å²) in [5.74, 6) is 0.136. The molecule has 138 valence electrons. The molecule has 7 heteroatoms. The van der Waals surface area contributed by atoms with E-state index in [2.05, 4.69) is 15.2 Å². The standard InChI is InChI=1S/C19H24N4O2S/c1-15(18(25)21-19-20-9-14-26-19)22-10-12-23(13-11-22)17(24)8-7-16-5-3-2-4-6-16/h2-6,9,14-15H,7-8,10-13H2,1H3,(H,20,21,25). The van der Waals surface area contributed by atoms with Crippen LogP contribution in [-0.2, 0) is 16.0 Å². The minimum absolute atomic E-state index is 0.0520. The quantitative estimate of drug-likeness (QED) is 0.845. The van der Waals surface area contributed by atoms with Crippen LogP contribution in [-0.4, -0.2) is 58.8 Å². The van der Waals surface area contributed by atoms with Gasteiger partial charge in [0.2, 0.25) is 11.8 Å². The molecule has 1 fully saturated rings. The van der Waals surface area contributed by atoms with Crippen LogP contribution in [0.15, 0.2) is 41.9 Å². The molecular weight excluding hydrogens is 348 g/mol. The highest BCUT2D eigenvalue weighted by Crippen LogP contribution is 2.14. The maximum atomic E-state index is 12.4. The number of aryl methyl sites for hydroxylation is 1. The van der Waals surface area contributed by atoms with E-state index in [4.69, 9.17) is 0 Å². The van der Waals surface area contributed by atoms with Gasteiger partial charge in [-0.1, -0.05) is 30.3 Å². The van der Waals surface area contributed by atoms with Crippen molar-refractivity contribution in [3.05, 3.63) is 47.5 Å². The van der Waals surface area contributed by atoms with Crippen molar-refractivity contribution in [1.82, 2.24) is 14.8 Å². The molecule has 1 N–H and O–H groups in total. The number of aromatic nitrogens is 1. The molecule has 1 unspecified atom stereocenters. The van der Waals surface area contributed by atoms with Crippen molar-refractivity contribution in [2.45, 2.75) is 25.8 Å². The van der Waals surface area contributed by atoms with Crippen molar-refractivity contribution in [3.8, 4) is 0 Å². The summed E-state index contributed by atoms with van der Waals surface area (Å²) in [5.41, 5.74) is 1.19. The number of carbonyl (C=O) groups excluding carboxylic acids is 2. The molecular formula is C19H24N4O2S. The molecule has 0 spiro atoms. The number of nitrogens with zero attached hydrogens (tertiary/aromatic N) is 3. The van der Waals surface area contributed by atoms with E-state index in [0.29, 0.717) is 37.7 Å². The number of rotatable bonds is 6. The zero-order chi connectivity index (χ0) is 18.4. The number of amides is 2. The van der Waals surface area contributed by atoms with Crippen LogP contribution in [0.25, 0.3) is 0 Å². The van der Waals surface area contributed by atoms with Crippen LogP contribution in [0.3, 0.4) is 0 Å². The Labute approximate surface area is 157 Å². The average Bonchev–Trinajstić information content (AvgIpc) is 3.19. The van der Waals surface area contributed by atoms with E-state index in [1.807, 2.05) is 47.5 Å². The summed E-state index contributed by atoms with van der Waals surface area (Å²) in [6, 6.07) is 9.84. The molecule has 2 heterocycles. The minimum atomic E-state index is -0.236. The Morgan fingerprint density at radius 2 is 1.92 bits per heavy atom. The van der Waals surface area contributed by atoms with Crippen molar-refractivity contribution in [3.63, 3.8) is 0 Å². The molecule has 1 aliphatic rings. The van der Waals surface area contributed by atoms with Gasteiger partial charge in [0.05, 0.1) is 6.04 Å². The molecule has 0 saturated carbocycles. The molecule has 0 radical (unpaired) electrons. The number of thiazole rings is 1. The summed E-state index contributed by atoms with van der Waals surface area (Å²) in [5, 5.41) is 5.29. The van der Waals surface area contributed by atoms with Gasteiger partial charge in [-0.15, -0.1) is 11.3 Å². The Balaban J connectivity index is 1.43. The van der Waals surface area contributed by atoms with Gasteiger partial charge in [-0.25, -0.2) is 4.98 Å². The van der Waals surface area contributed by atoms with Gasteiger partial charge in [-0.05, 0) is 18.9 Å². The molecule has 2 amide bonds. The van der Waals surface area contributed by atoms with Crippen LogP contribution in [0.2, 0.25) is 0 Å². The van der Waals surface area contributed by atoms with Crippen LogP contribution < -0.4 is 5.32 Å². The van der Waals surface area contributed by atoms with Crippen LogP contribution in [0.5, 0.6) is 0 Å². The fourth-order valence-electron chi connectivity index (χ4n) is 3.07. The second kappa shape index (κ2) is 8.91. The van der Waals surface area contributed by atoms with E-state index in [9.17, 15) is 9.59 Å². The summed E-state index contributed by atoms with van der Waals surface area (Å²) in [4.78, 5) is 32.8. The lowest BCUT2D eigenvalue weighted by atomic mass is 10.1. The van der Waals surface area contributed by atoms with E-state index < -0.39 is 0 Å². The van der Waals surface area contributed by atoms with Crippen molar-refractivity contribution >= 4 is 28.3 Å². The fraction of sp³-hybridized carbons (Fsp3) is 0.421. The van der Waals surface area contributed by atoms with Crippen molar-refractivity contribution in [2.75, 3.05) is 31.5 Å². The van der Waals surface area contributed by atoms with Crippen molar-refractivity contribution in [2.24, 2.45) is 0 Å². The molecule has 0 aliphatic carbocycles. The highest BCUT2D eigenvalue weighted by Gasteiger charge is 2.27. The first-order valence-corrected chi connectivity index (χ1v) is 9.77. The van der Waals surface area contributed by atoms with Gasteiger partial charge in [-0.2, -0.15) is 0 Å². The Morgan fingerprint density at radius 3 is 2.58 bits per heavy atom. The Kier molecular flexibility index (Phi) is 6.35. The zero-order valence-electron chi connectivity index (χ0n) is 14.9. The summed E-state index contributed by atoms with van der Waals surface area (Å²) >= 11 is 1.41. The van der Waals surface area contributed by atoms with Crippen LogP contribution in [0.4, 0.5) is 5.13 Å². The number of hydrogen-bond donors (Lipinski definition) is 1. The molecule has 0 bridgehead atoms. The Hall–Kier alpha value is -2.25. The minimum Gasteiger partial charge on any atom is -0.340 e. The second-order valence-corrected chi connectivity index (χ2v) is 7.30. The molecule has 1 aromatic carbocycles. The third kappa shape index (κ3) is 4.89. The summed E-state index contributed by atoms with van der Waals surface area (Å²) in [6.07, 6.45) is 2.97. The van der Waals surface area contributed by atoms with E-state index in [-0.39, 0.29) is 17.9 Å². The molecule has 3 rings (SSSR count). The van der Waals surface area contributed by atoms with E-state index in [1.165, 1.54) is 16.9 Å². The highest BCUT2D eigenvalue weighted by atomic mass is 32.1. The number of hydrogen-bond acceptors (Lipinski definition) is 5. The highest BCUT2D eigenvalue weighted by molar-refractivity contribution is 7.13. The van der Waals surface area contributed by atoms with Gasteiger partial charge in [0.15, 0.2) is 5.13 Å². The van der Waals surface area contributed by atoms with Gasteiger partial charge < -0.3 is 10.2 Å². The van der Waals surface area contributed by atoms with Crippen LogP contribution in [0.1, 0.15) is 18.9 Å². The normalized spacial score (nSPS) is 16.3. The zero-order valence-corrected chi connectivity index (χ0v) is 15.7. The number of benzene rings is 1. The van der Waals surface area contributed by atoms with E-state index in [1.54, 1.807) is 6.20 Å². The third-order valence-corrected chi connectivity index (χ3v) is 5.42. The molecule has 1 saturated heterocycles. The lowest BCUT2D eigenvalue weighted by molar-refractivity contribution is -0.133. The summed E-state index contributed by atoms with van der Waals surface area (Å²) in [7, 11) is 0. The third-order valence-electron chi connectivity index (χ3n) is 4.73. The van der Waals surface area contributed by atoms with Gasteiger partial charge in [0.25, 0.3) is 0 Å². The first-order valence-electron chi connectivity index (χ1n) is 8.89. The number of anilines is 1. The lowest BCUT2D eigenvalue weighted by Gasteiger charge is -2.37. The predicted molar refractivity (Wildman–Crippen MR) is 103 cm³/mol. The first-order chi connectivity index (χ1) is 12.6. The van der Waals surface area contributed by atoms with Gasteiger partial charge in [-0.3, -0.25) is 14.5 Å². The maximum Gasteiger partial charge on any atom is 0.243 e. The SMILES string of the molecule is CC(C(=O)Nc1nccs1)N1CCN(C(=O)CCc2ccccc2)CC1. The summed E-state index contributed by atoms with van der Waals surface area (Å²) < 4.78 is 0. The Bertz CT molecular complexity index is 712. The van der Waals surface area contributed by atoms with Gasteiger partial charge >= 0.3 is 0 Å². The number of nitrogens with one attached hydrogen (secondary N) is 1. The smallest absolute Gasteiger partial charge is 0.243 e. The topological polar surface area (TPSA) is 65.5 Å². The van der Waals surface area contributed by atoms with Gasteiger partial charge in [0.1, 0.15) is 0 Å². The van der Waals surface area contributed by atoms with Crippen LogP contribution in [0, 0.1) is 0 Å². The average molecular weight is 372 g/mol. The van der Waals surface area contributed by atoms with Crippen molar-refractivity contribution < 1.29 is 9.59 Å². The fourth-order valence-corrected chi connectivity index (χ4v) is 3.61. The second-order valence-electron chi connectivity index (χ2n) is 6.40. The largest absolute Gasteiger partial charge is 0.340 e. The molecule has 26 heavy (non-hydrogen) atoms. The monoisotopic (exact) mass is 372 g/mol. The summed E-state index contributed by atoms with van der Waals surface area (Å²) in [6.45, 7) is 4.66. The Morgan fingerprint density at radius 1 is 1.19 bits per heavy atom. The number of piperazine rings is 1. The van der Waals surface area contributed by atoms with E-state index in [0.717, 1.165) is 6.42 Å².